The summed E-state index contributed by atoms with van der Waals surface area (Å²) in [4.78, 5) is 14.5. The molecular formula is C18H27ClN2O2. The fourth-order valence-electron chi connectivity index (χ4n) is 4.11. The minimum atomic E-state index is -0.0468. The topological polar surface area (TPSA) is 46.3 Å². The molecule has 1 unspecified atom stereocenters. The van der Waals surface area contributed by atoms with Gasteiger partial charge in [0, 0.05) is 11.6 Å². The van der Waals surface area contributed by atoms with Crippen molar-refractivity contribution in [1.29, 1.82) is 0 Å². The number of hydrogen-bond donors (Lipinski definition) is 0. The van der Waals surface area contributed by atoms with Gasteiger partial charge in [0.2, 0.25) is 5.91 Å². The van der Waals surface area contributed by atoms with Crippen molar-refractivity contribution in [2.75, 3.05) is 5.88 Å². The van der Waals surface area contributed by atoms with E-state index in [2.05, 4.69) is 25.9 Å². The number of amides is 1. The average molecular weight is 339 g/mol. The third-order valence-electron chi connectivity index (χ3n) is 5.58. The molecule has 4 nitrogen and oxygen atoms in total. The van der Waals surface area contributed by atoms with Gasteiger partial charge in [-0.1, -0.05) is 38.8 Å². The second-order valence-electron chi connectivity index (χ2n) is 8.20. The normalized spacial score (nSPS) is 23.0. The van der Waals surface area contributed by atoms with Gasteiger partial charge in [0.1, 0.15) is 17.8 Å². The van der Waals surface area contributed by atoms with Gasteiger partial charge in [-0.2, -0.15) is 0 Å². The molecule has 1 aromatic heterocycles. The van der Waals surface area contributed by atoms with Crippen molar-refractivity contribution in [3.8, 4) is 0 Å². The molecule has 5 heteroatoms. The molecule has 23 heavy (non-hydrogen) atoms. The minimum absolute atomic E-state index is 0.0210. The third kappa shape index (κ3) is 3.28. The van der Waals surface area contributed by atoms with E-state index in [0.717, 1.165) is 17.7 Å². The van der Waals surface area contributed by atoms with E-state index in [1.165, 1.54) is 32.1 Å². The van der Waals surface area contributed by atoms with Crippen LogP contribution in [0, 0.1) is 5.41 Å². The zero-order valence-electron chi connectivity index (χ0n) is 14.4. The second-order valence-corrected chi connectivity index (χ2v) is 8.47. The standard InChI is InChI=1S/C18H27ClN2O2/c1-17(2,3)13-12-23-20-14(13)11-21(16(22)10-19)15-6-4-5-7-18(15)8-9-18/h12,15H,4-11H2,1-3H3. The number of halogens is 1. The maximum atomic E-state index is 12.5. The van der Waals surface area contributed by atoms with Gasteiger partial charge in [-0.3, -0.25) is 4.79 Å². The van der Waals surface area contributed by atoms with Gasteiger partial charge in [0.05, 0.1) is 6.54 Å². The summed E-state index contributed by atoms with van der Waals surface area (Å²) in [5, 5.41) is 4.19. The molecule has 2 aliphatic rings. The van der Waals surface area contributed by atoms with E-state index in [0.29, 0.717) is 18.0 Å². The van der Waals surface area contributed by atoms with Gasteiger partial charge in [-0.15, -0.1) is 11.6 Å². The maximum Gasteiger partial charge on any atom is 0.238 e. The lowest BCUT2D eigenvalue weighted by Crippen LogP contribution is -2.47. The highest BCUT2D eigenvalue weighted by Gasteiger charge is 2.53. The minimum Gasteiger partial charge on any atom is -0.364 e. The van der Waals surface area contributed by atoms with Crippen molar-refractivity contribution in [2.45, 2.75) is 77.3 Å². The van der Waals surface area contributed by atoms with Crippen LogP contribution in [0.15, 0.2) is 10.8 Å². The monoisotopic (exact) mass is 338 g/mol. The molecule has 128 valence electrons. The Morgan fingerprint density at radius 3 is 2.74 bits per heavy atom. The SMILES string of the molecule is CC(C)(C)c1conc1CN(C(=O)CCl)C1CCCCC12CC2. The Kier molecular flexibility index (Phi) is 4.47. The average Bonchev–Trinajstić information content (AvgIpc) is 3.09. The fourth-order valence-corrected chi connectivity index (χ4v) is 4.27. The van der Waals surface area contributed by atoms with E-state index in [4.69, 9.17) is 16.1 Å². The number of carbonyl (C=O) groups is 1. The molecule has 0 radical (unpaired) electrons. The summed E-state index contributed by atoms with van der Waals surface area (Å²) in [6.45, 7) is 6.93. The van der Waals surface area contributed by atoms with Crippen LogP contribution in [0.25, 0.3) is 0 Å². The summed E-state index contributed by atoms with van der Waals surface area (Å²) in [6, 6.07) is 0.312. The fraction of sp³-hybridized carbons (Fsp3) is 0.778. The van der Waals surface area contributed by atoms with Crippen LogP contribution in [0.3, 0.4) is 0 Å². The second kappa shape index (κ2) is 6.12. The number of carbonyl (C=O) groups excluding carboxylic acids is 1. The van der Waals surface area contributed by atoms with E-state index in [1.807, 2.05) is 4.90 Å². The quantitative estimate of drug-likeness (QED) is 0.770. The van der Waals surface area contributed by atoms with Crippen molar-refractivity contribution in [3.05, 3.63) is 17.5 Å². The smallest absolute Gasteiger partial charge is 0.238 e. The molecule has 2 saturated carbocycles. The lowest BCUT2D eigenvalue weighted by Gasteiger charge is -2.40. The van der Waals surface area contributed by atoms with Crippen LogP contribution >= 0.6 is 11.6 Å². The van der Waals surface area contributed by atoms with Crippen LogP contribution < -0.4 is 0 Å². The van der Waals surface area contributed by atoms with Crippen LogP contribution in [-0.2, 0) is 16.8 Å². The summed E-state index contributed by atoms with van der Waals surface area (Å²) in [5.41, 5.74) is 2.25. The first-order chi connectivity index (χ1) is 10.9. The van der Waals surface area contributed by atoms with Crippen LogP contribution in [-0.4, -0.2) is 27.9 Å². The summed E-state index contributed by atoms with van der Waals surface area (Å²) in [7, 11) is 0. The van der Waals surface area contributed by atoms with E-state index in [9.17, 15) is 4.79 Å². The molecule has 1 aromatic rings. The van der Waals surface area contributed by atoms with Crippen molar-refractivity contribution < 1.29 is 9.32 Å². The number of hydrogen-bond acceptors (Lipinski definition) is 3. The Balaban J connectivity index is 1.86. The van der Waals surface area contributed by atoms with Crippen molar-refractivity contribution in [1.82, 2.24) is 10.1 Å². The highest BCUT2D eigenvalue weighted by atomic mass is 35.5. The first kappa shape index (κ1) is 16.8. The number of aromatic nitrogens is 1. The summed E-state index contributed by atoms with van der Waals surface area (Å²) < 4.78 is 5.22. The molecule has 1 spiro atoms. The van der Waals surface area contributed by atoms with Gasteiger partial charge in [0.25, 0.3) is 0 Å². The van der Waals surface area contributed by atoms with Gasteiger partial charge < -0.3 is 9.42 Å². The third-order valence-corrected chi connectivity index (χ3v) is 5.81. The predicted molar refractivity (Wildman–Crippen MR) is 90.4 cm³/mol. The molecule has 0 aliphatic heterocycles. The zero-order valence-corrected chi connectivity index (χ0v) is 15.2. The Hall–Kier alpha value is -1.03. The van der Waals surface area contributed by atoms with Crippen molar-refractivity contribution in [2.24, 2.45) is 5.41 Å². The van der Waals surface area contributed by atoms with E-state index in [1.54, 1.807) is 6.26 Å². The Labute approximate surface area is 143 Å². The summed E-state index contributed by atoms with van der Waals surface area (Å²) >= 11 is 5.91. The van der Waals surface area contributed by atoms with E-state index < -0.39 is 0 Å². The summed E-state index contributed by atoms with van der Waals surface area (Å²) in [5.74, 6) is 0.0580. The van der Waals surface area contributed by atoms with Crippen LogP contribution in [0.4, 0.5) is 0 Å². The Morgan fingerprint density at radius 2 is 2.13 bits per heavy atom. The lowest BCUT2D eigenvalue weighted by molar-refractivity contribution is -0.134. The highest BCUT2D eigenvalue weighted by molar-refractivity contribution is 6.27. The predicted octanol–water partition coefficient (Wildman–Crippen LogP) is 4.26. The molecule has 1 amide bonds. The lowest BCUT2D eigenvalue weighted by atomic mass is 9.80. The molecule has 0 aromatic carbocycles. The molecule has 1 heterocycles. The molecule has 0 N–H and O–H groups in total. The Morgan fingerprint density at radius 1 is 1.39 bits per heavy atom. The molecular weight excluding hydrogens is 312 g/mol. The first-order valence-electron chi connectivity index (χ1n) is 8.66. The van der Waals surface area contributed by atoms with Crippen LogP contribution in [0.2, 0.25) is 0 Å². The van der Waals surface area contributed by atoms with Crippen LogP contribution in [0.5, 0.6) is 0 Å². The van der Waals surface area contributed by atoms with E-state index in [-0.39, 0.29) is 17.2 Å². The molecule has 2 aliphatic carbocycles. The van der Waals surface area contributed by atoms with Crippen molar-refractivity contribution >= 4 is 17.5 Å². The van der Waals surface area contributed by atoms with E-state index >= 15 is 0 Å². The van der Waals surface area contributed by atoms with Crippen molar-refractivity contribution in [3.63, 3.8) is 0 Å². The Bertz CT molecular complexity index is 572. The molecule has 2 fully saturated rings. The van der Waals surface area contributed by atoms with Gasteiger partial charge in [0.15, 0.2) is 0 Å². The molecule has 0 saturated heterocycles. The van der Waals surface area contributed by atoms with Gasteiger partial charge in [-0.05, 0) is 36.5 Å². The van der Waals surface area contributed by atoms with Gasteiger partial charge in [-0.25, -0.2) is 0 Å². The maximum absolute atomic E-state index is 12.5. The highest BCUT2D eigenvalue weighted by Crippen LogP contribution is 2.58. The van der Waals surface area contributed by atoms with Crippen LogP contribution in [0.1, 0.15) is 70.6 Å². The number of alkyl halides is 1. The zero-order chi connectivity index (χ0) is 16.7. The molecule has 3 rings (SSSR count). The first-order valence-corrected chi connectivity index (χ1v) is 9.20. The summed E-state index contributed by atoms with van der Waals surface area (Å²) in [6.07, 6.45) is 9.02. The van der Waals surface area contributed by atoms with Gasteiger partial charge >= 0.3 is 0 Å². The number of rotatable bonds is 4. The molecule has 0 bridgehead atoms. The number of nitrogens with zero attached hydrogens (tertiary/aromatic N) is 2. The largest absolute Gasteiger partial charge is 0.364 e. The molecule has 1 atom stereocenters.